The highest BCUT2D eigenvalue weighted by Crippen LogP contribution is 2.31. The third-order valence-electron chi connectivity index (χ3n) is 5.10. The molecule has 0 amide bonds. The van der Waals surface area contributed by atoms with Crippen LogP contribution in [0.25, 0.3) is 28.2 Å². The van der Waals surface area contributed by atoms with Crippen LogP contribution >= 0.6 is 0 Å². The van der Waals surface area contributed by atoms with Crippen LogP contribution in [0.5, 0.6) is 0 Å². The van der Waals surface area contributed by atoms with Gasteiger partial charge < -0.3 is 0 Å². The second kappa shape index (κ2) is 7.43. The minimum absolute atomic E-state index is 0.276. The Bertz CT molecular complexity index is 1090. The van der Waals surface area contributed by atoms with Crippen LogP contribution in [-0.4, -0.2) is 14.8 Å². The van der Waals surface area contributed by atoms with Crippen LogP contribution in [0.1, 0.15) is 36.7 Å². The lowest BCUT2D eigenvalue weighted by atomic mass is 10.0. The summed E-state index contributed by atoms with van der Waals surface area (Å²) in [7, 11) is 0. The summed E-state index contributed by atoms with van der Waals surface area (Å²) in [4.78, 5) is 0. The van der Waals surface area contributed by atoms with E-state index in [9.17, 15) is 0 Å². The molecule has 0 saturated carbocycles. The minimum Gasteiger partial charge on any atom is -0.278 e. The van der Waals surface area contributed by atoms with Gasteiger partial charge in [-0.05, 0) is 42.2 Å². The van der Waals surface area contributed by atoms with Crippen molar-refractivity contribution in [2.75, 3.05) is 0 Å². The standard InChI is InChI=1S/C25H25N3/c1-17(2)24-26-27-25(28(24)23-18(3)10-8-11-19(23)4)22-15-9-14-21(16-22)20-12-6-5-7-13-20/h5-17H,1-4H3. The zero-order valence-corrected chi connectivity index (χ0v) is 16.8. The molecule has 3 aromatic carbocycles. The van der Waals surface area contributed by atoms with Gasteiger partial charge in [0.2, 0.25) is 0 Å². The van der Waals surface area contributed by atoms with E-state index in [4.69, 9.17) is 0 Å². The van der Waals surface area contributed by atoms with Gasteiger partial charge >= 0.3 is 0 Å². The summed E-state index contributed by atoms with van der Waals surface area (Å²) < 4.78 is 2.24. The van der Waals surface area contributed by atoms with E-state index >= 15 is 0 Å². The highest BCUT2D eigenvalue weighted by atomic mass is 15.3. The highest BCUT2D eigenvalue weighted by molar-refractivity contribution is 5.71. The first-order valence-corrected chi connectivity index (χ1v) is 9.74. The third kappa shape index (κ3) is 3.24. The SMILES string of the molecule is Cc1cccc(C)c1-n1c(-c2cccc(-c3ccccc3)c2)nnc1C(C)C. The molecule has 4 rings (SSSR count). The molecule has 1 heterocycles. The van der Waals surface area contributed by atoms with Crippen molar-refractivity contribution in [2.45, 2.75) is 33.6 Å². The second-order valence-corrected chi connectivity index (χ2v) is 7.56. The maximum atomic E-state index is 4.61. The lowest BCUT2D eigenvalue weighted by Crippen LogP contribution is -2.08. The van der Waals surface area contributed by atoms with Crippen LogP contribution in [0.4, 0.5) is 0 Å². The van der Waals surface area contributed by atoms with Crippen LogP contribution in [-0.2, 0) is 0 Å². The van der Waals surface area contributed by atoms with Crippen molar-refractivity contribution in [1.29, 1.82) is 0 Å². The normalized spacial score (nSPS) is 11.2. The molecule has 4 aromatic rings. The molecular weight excluding hydrogens is 342 g/mol. The summed E-state index contributed by atoms with van der Waals surface area (Å²) in [6.45, 7) is 8.63. The smallest absolute Gasteiger partial charge is 0.168 e. The van der Waals surface area contributed by atoms with Gasteiger partial charge in [0.25, 0.3) is 0 Å². The first kappa shape index (κ1) is 18.2. The summed E-state index contributed by atoms with van der Waals surface area (Å²) in [6, 6.07) is 25.4. The Balaban J connectivity index is 1.93. The van der Waals surface area contributed by atoms with E-state index in [-0.39, 0.29) is 5.92 Å². The number of benzene rings is 3. The maximum absolute atomic E-state index is 4.61. The quantitative estimate of drug-likeness (QED) is 0.421. The van der Waals surface area contributed by atoms with E-state index in [0.717, 1.165) is 17.2 Å². The number of nitrogens with zero attached hydrogens (tertiary/aromatic N) is 3. The van der Waals surface area contributed by atoms with E-state index in [2.05, 4.69) is 109 Å². The van der Waals surface area contributed by atoms with Crippen LogP contribution in [0.3, 0.4) is 0 Å². The molecule has 0 fully saturated rings. The van der Waals surface area contributed by atoms with Gasteiger partial charge in [-0.1, -0.05) is 80.6 Å². The molecule has 140 valence electrons. The van der Waals surface area contributed by atoms with Gasteiger partial charge in [0, 0.05) is 11.5 Å². The summed E-state index contributed by atoms with van der Waals surface area (Å²) in [6.07, 6.45) is 0. The third-order valence-corrected chi connectivity index (χ3v) is 5.10. The monoisotopic (exact) mass is 367 g/mol. The van der Waals surface area contributed by atoms with Gasteiger partial charge in [0.15, 0.2) is 5.82 Å². The molecule has 0 N–H and O–H groups in total. The molecular formula is C25H25N3. The molecule has 0 saturated heterocycles. The fraction of sp³-hybridized carbons (Fsp3) is 0.200. The Morgan fingerprint density at radius 2 is 1.29 bits per heavy atom. The second-order valence-electron chi connectivity index (χ2n) is 7.56. The molecule has 0 bridgehead atoms. The van der Waals surface area contributed by atoms with Gasteiger partial charge in [0.1, 0.15) is 5.82 Å². The average molecular weight is 367 g/mol. The van der Waals surface area contributed by atoms with Crippen LogP contribution in [0.15, 0.2) is 72.8 Å². The lowest BCUT2D eigenvalue weighted by Gasteiger charge is -2.17. The molecule has 0 spiro atoms. The van der Waals surface area contributed by atoms with E-state index in [1.54, 1.807) is 0 Å². The van der Waals surface area contributed by atoms with Crippen molar-refractivity contribution >= 4 is 0 Å². The fourth-order valence-electron chi connectivity index (χ4n) is 3.70. The number of para-hydroxylation sites is 1. The molecule has 0 aliphatic rings. The molecule has 0 unspecified atom stereocenters. The molecule has 0 aliphatic heterocycles. The number of rotatable bonds is 4. The van der Waals surface area contributed by atoms with Crippen molar-refractivity contribution in [3.63, 3.8) is 0 Å². The summed E-state index contributed by atoms with van der Waals surface area (Å²) in [5.41, 5.74) is 7.08. The summed E-state index contributed by atoms with van der Waals surface area (Å²) in [5, 5.41) is 9.18. The van der Waals surface area contributed by atoms with Crippen LogP contribution in [0, 0.1) is 13.8 Å². The maximum Gasteiger partial charge on any atom is 0.168 e. The van der Waals surface area contributed by atoms with E-state index in [1.807, 2.05) is 6.07 Å². The van der Waals surface area contributed by atoms with Crippen molar-refractivity contribution in [3.8, 4) is 28.2 Å². The Hall–Kier alpha value is -3.20. The predicted molar refractivity (Wildman–Crippen MR) is 116 cm³/mol. The molecule has 28 heavy (non-hydrogen) atoms. The highest BCUT2D eigenvalue weighted by Gasteiger charge is 2.20. The van der Waals surface area contributed by atoms with Gasteiger partial charge in [0.05, 0.1) is 5.69 Å². The minimum atomic E-state index is 0.276. The Kier molecular flexibility index (Phi) is 4.82. The molecule has 0 atom stereocenters. The molecule has 3 nitrogen and oxygen atoms in total. The molecule has 0 aliphatic carbocycles. The fourth-order valence-corrected chi connectivity index (χ4v) is 3.70. The Labute approximate surface area is 166 Å². The Morgan fingerprint density at radius 3 is 1.96 bits per heavy atom. The van der Waals surface area contributed by atoms with Gasteiger partial charge in [-0.2, -0.15) is 0 Å². The van der Waals surface area contributed by atoms with Gasteiger partial charge in [-0.25, -0.2) is 0 Å². The van der Waals surface area contributed by atoms with E-state index in [1.165, 1.54) is 27.9 Å². The van der Waals surface area contributed by atoms with Crippen molar-refractivity contribution in [3.05, 3.63) is 89.7 Å². The zero-order chi connectivity index (χ0) is 19.7. The van der Waals surface area contributed by atoms with Gasteiger partial charge in [-0.15, -0.1) is 10.2 Å². The van der Waals surface area contributed by atoms with Crippen LogP contribution < -0.4 is 0 Å². The van der Waals surface area contributed by atoms with Crippen LogP contribution in [0.2, 0.25) is 0 Å². The Morgan fingerprint density at radius 1 is 0.679 bits per heavy atom. The first-order chi connectivity index (χ1) is 13.6. The van der Waals surface area contributed by atoms with Gasteiger partial charge in [-0.3, -0.25) is 4.57 Å². The summed E-state index contributed by atoms with van der Waals surface area (Å²) >= 11 is 0. The largest absolute Gasteiger partial charge is 0.278 e. The number of hydrogen-bond acceptors (Lipinski definition) is 2. The van der Waals surface area contributed by atoms with E-state index in [0.29, 0.717) is 0 Å². The van der Waals surface area contributed by atoms with Crippen molar-refractivity contribution < 1.29 is 0 Å². The van der Waals surface area contributed by atoms with E-state index < -0.39 is 0 Å². The zero-order valence-electron chi connectivity index (χ0n) is 16.8. The van der Waals surface area contributed by atoms with Crippen molar-refractivity contribution in [2.24, 2.45) is 0 Å². The molecule has 0 radical (unpaired) electrons. The molecule has 3 heteroatoms. The average Bonchev–Trinajstić information content (AvgIpc) is 3.14. The predicted octanol–water partition coefficient (Wildman–Crippen LogP) is 6.34. The lowest BCUT2D eigenvalue weighted by molar-refractivity contribution is 0.743. The topological polar surface area (TPSA) is 30.7 Å². The number of aryl methyl sites for hydroxylation is 2. The molecule has 1 aromatic heterocycles. The first-order valence-electron chi connectivity index (χ1n) is 9.74. The number of aromatic nitrogens is 3. The van der Waals surface area contributed by atoms with Crippen molar-refractivity contribution in [1.82, 2.24) is 14.8 Å². The summed E-state index contributed by atoms with van der Waals surface area (Å²) in [5.74, 6) is 2.15. The number of hydrogen-bond donors (Lipinski definition) is 0.